The Kier molecular flexibility index (Phi) is 4.04. The number of H-pyrrole nitrogens is 3. The summed E-state index contributed by atoms with van der Waals surface area (Å²) >= 11 is 0. The van der Waals surface area contributed by atoms with E-state index in [1.165, 1.54) is 12.3 Å². The highest BCUT2D eigenvalue weighted by Crippen LogP contribution is 2.28. The third kappa shape index (κ3) is 3.26. The molecule has 0 bridgehead atoms. The lowest BCUT2D eigenvalue weighted by Crippen LogP contribution is -2.50. The smallest absolute Gasteiger partial charge is 0.329 e. The van der Waals surface area contributed by atoms with E-state index in [1.807, 2.05) is 4.90 Å². The van der Waals surface area contributed by atoms with Crippen molar-refractivity contribution in [3.63, 3.8) is 0 Å². The summed E-state index contributed by atoms with van der Waals surface area (Å²) in [6.45, 7) is 1.76. The molecule has 1 aliphatic rings. The molecular weight excluding hydrogens is 327 g/mol. The van der Waals surface area contributed by atoms with Crippen molar-refractivity contribution in [2.45, 2.75) is 6.18 Å². The number of aromatic amines is 3. The van der Waals surface area contributed by atoms with Gasteiger partial charge in [-0.2, -0.15) is 13.2 Å². The number of imidazole rings is 1. The predicted molar refractivity (Wildman–Crippen MR) is 77.5 cm³/mol. The maximum Gasteiger partial charge on any atom is 0.419 e. The number of halogens is 3. The number of hydrogen-bond donors (Lipinski definition) is 2. The minimum atomic E-state index is -4.38. The van der Waals surface area contributed by atoms with Gasteiger partial charge in [0.25, 0.3) is 11.7 Å². The molecule has 24 heavy (non-hydrogen) atoms. The largest absolute Gasteiger partial charge is 0.419 e. The maximum atomic E-state index is 12.6. The first kappa shape index (κ1) is 16.1. The molecule has 3 heterocycles. The van der Waals surface area contributed by atoms with Crippen molar-refractivity contribution in [1.29, 1.82) is 0 Å². The maximum absolute atomic E-state index is 12.6. The van der Waals surface area contributed by atoms with Crippen molar-refractivity contribution in [1.82, 2.24) is 14.9 Å². The van der Waals surface area contributed by atoms with E-state index < -0.39 is 17.4 Å². The van der Waals surface area contributed by atoms with Gasteiger partial charge < -0.3 is 14.9 Å². The molecule has 128 valence electrons. The molecule has 0 saturated carbocycles. The van der Waals surface area contributed by atoms with Crippen LogP contribution < -0.4 is 15.6 Å². The van der Waals surface area contributed by atoms with Crippen molar-refractivity contribution in [3.05, 3.63) is 46.3 Å². The van der Waals surface area contributed by atoms with Crippen LogP contribution in [0.5, 0.6) is 0 Å². The van der Waals surface area contributed by atoms with Gasteiger partial charge in [-0.3, -0.25) is 9.69 Å². The second-order valence-electron chi connectivity index (χ2n) is 5.40. The fourth-order valence-corrected chi connectivity index (χ4v) is 2.56. The van der Waals surface area contributed by atoms with Crippen LogP contribution in [0.25, 0.3) is 0 Å². The van der Waals surface area contributed by atoms with Gasteiger partial charge in [-0.25, -0.2) is 9.78 Å². The summed E-state index contributed by atoms with van der Waals surface area (Å²) in [5.41, 5.74) is -0.998. The topological polar surface area (TPSA) is 86.3 Å². The Morgan fingerprint density at radius 2 is 1.88 bits per heavy atom. The molecule has 1 saturated heterocycles. The first-order valence-corrected chi connectivity index (χ1v) is 7.25. The normalized spacial score (nSPS) is 15.6. The van der Waals surface area contributed by atoms with Crippen LogP contribution in [-0.2, 0) is 6.18 Å². The first-order chi connectivity index (χ1) is 11.3. The summed E-state index contributed by atoms with van der Waals surface area (Å²) in [5.74, 6) is 0.273. The van der Waals surface area contributed by atoms with Crippen LogP contribution in [0.1, 0.15) is 16.1 Å². The number of amides is 1. The Morgan fingerprint density at radius 3 is 2.38 bits per heavy atom. The Balaban J connectivity index is 1.62. The Bertz CT molecular complexity index is 773. The Morgan fingerprint density at radius 1 is 1.17 bits per heavy atom. The van der Waals surface area contributed by atoms with Gasteiger partial charge in [0.1, 0.15) is 25.0 Å². The summed E-state index contributed by atoms with van der Waals surface area (Å²) in [4.78, 5) is 34.1. The van der Waals surface area contributed by atoms with E-state index in [-0.39, 0.29) is 11.6 Å². The number of piperazine rings is 1. The van der Waals surface area contributed by atoms with Gasteiger partial charge in [0.15, 0.2) is 0 Å². The van der Waals surface area contributed by atoms with E-state index in [4.69, 9.17) is 0 Å². The van der Waals surface area contributed by atoms with Crippen molar-refractivity contribution in [2.75, 3.05) is 31.1 Å². The van der Waals surface area contributed by atoms with E-state index in [2.05, 4.69) is 15.0 Å². The van der Waals surface area contributed by atoms with Crippen molar-refractivity contribution < 1.29 is 22.9 Å². The zero-order valence-corrected chi connectivity index (χ0v) is 12.5. The summed E-state index contributed by atoms with van der Waals surface area (Å²) in [7, 11) is 0. The molecule has 10 heteroatoms. The first-order valence-electron chi connectivity index (χ1n) is 7.25. The number of aromatic nitrogens is 3. The molecule has 0 unspecified atom stereocenters. The number of anilines is 1. The summed E-state index contributed by atoms with van der Waals surface area (Å²) in [6, 6.07) is 2.40. The third-order valence-corrected chi connectivity index (χ3v) is 3.86. The molecule has 2 aromatic rings. The van der Waals surface area contributed by atoms with Gasteiger partial charge in [0, 0.05) is 12.3 Å². The SMILES string of the molecule is O=C(c1c[nH]c(=O)[nH]1)N1CCN(c2ccc(C(F)(F)F)c[nH+]2)CC1. The van der Waals surface area contributed by atoms with Crippen molar-refractivity contribution in [2.24, 2.45) is 0 Å². The van der Waals surface area contributed by atoms with E-state index in [9.17, 15) is 22.8 Å². The second-order valence-corrected chi connectivity index (χ2v) is 5.40. The molecule has 1 aliphatic heterocycles. The fourth-order valence-electron chi connectivity index (χ4n) is 2.56. The zero-order valence-electron chi connectivity index (χ0n) is 12.5. The highest BCUT2D eigenvalue weighted by molar-refractivity contribution is 5.92. The van der Waals surface area contributed by atoms with Crippen molar-refractivity contribution >= 4 is 11.7 Å². The molecule has 1 amide bonds. The number of carbonyl (C=O) groups is 1. The number of rotatable bonds is 2. The number of pyridine rings is 1. The van der Waals surface area contributed by atoms with Crippen LogP contribution in [0.2, 0.25) is 0 Å². The molecule has 0 aromatic carbocycles. The molecule has 0 aliphatic carbocycles. The third-order valence-electron chi connectivity index (χ3n) is 3.86. The minimum absolute atomic E-state index is 0.189. The molecule has 2 aromatic heterocycles. The lowest BCUT2D eigenvalue weighted by molar-refractivity contribution is -0.367. The monoisotopic (exact) mass is 342 g/mol. The van der Waals surface area contributed by atoms with Crippen LogP contribution >= 0.6 is 0 Å². The Labute approximate surface area is 134 Å². The molecule has 7 nitrogen and oxygen atoms in total. The number of nitrogens with one attached hydrogen (secondary N) is 3. The van der Waals surface area contributed by atoms with Crippen LogP contribution in [0.4, 0.5) is 19.0 Å². The molecule has 0 radical (unpaired) electrons. The number of nitrogens with zero attached hydrogens (tertiary/aromatic N) is 2. The van der Waals surface area contributed by atoms with E-state index >= 15 is 0 Å². The summed E-state index contributed by atoms with van der Waals surface area (Å²) in [5, 5.41) is 0. The average Bonchev–Trinajstić information content (AvgIpc) is 3.00. The van der Waals surface area contributed by atoms with E-state index in [0.29, 0.717) is 32.0 Å². The highest BCUT2D eigenvalue weighted by Gasteiger charge is 2.33. The highest BCUT2D eigenvalue weighted by atomic mass is 19.4. The van der Waals surface area contributed by atoms with E-state index in [1.54, 1.807) is 4.90 Å². The zero-order chi connectivity index (χ0) is 17.3. The summed E-state index contributed by atoms with van der Waals surface area (Å²) < 4.78 is 37.7. The molecule has 3 rings (SSSR count). The molecular formula is C14H15F3N5O2+. The number of carbonyl (C=O) groups excluding carboxylic acids is 1. The predicted octanol–water partition coefficient (Wildman–Crippen LogP) is 0.498. The quantitative estimate of drug-likeness (QED) is 0.833. The second kappa shape index (κ2) is 6.02. The lowest BCUT2D eigenvalue weighted by atomic mass is 10.2. The number of alkyl halides is 3. The lowest BCUT2D eigenvalue weighted by Gasteiger charge is -2.30. The van der Waals surface area contributed by atoms with Gasteiger partial charge in [0.2, 0.25) is 0 Å². The van der Waals surface area contributed by atoms with Gasteiger partial charge in [-0.1, -0.05) is 0 Å². The van der Waals surface area contributed by atoms with Gasteiger partial charge >= 0.3 is 11.9 Å². The molecule has 1 fully saturated rings. The Hall–Kier alpha value is -2.78. The van der Waals surface area contributed by atoms with E-state index in [0.717, 1.165) is 12.3 Å². The van der Waals surface area contributed by atoms with Crippen LogP contribution in [0.15, 0.2) is 29.3 Å². The van der Waals surface area contributed by atoms with Crippen LogP contribution in [0.3, 0.4) is 0 Å². The molecule has 3 N–H and O–H groups in total. The van der Waals surface area contributed by atoms with Crippen LogP contribution in [0, 0.1) is 0 Å². The molecule has 0 atom stereocenters. The standard InChI is InChI=1S/C14H14F3N5O2/c15-14(16,17)9-1-2-11(18-7-9)21-3-5-22(6-4-21)12(23)10-8-19-13(24)20-10/h1-2,7-8H,3-6H2,(H2,19,20,24)/p+1. The molecule has 0 spiro atoms. The van der Waals surface area contributed by atoms with Crippen LogP contribution in [-0.4, -0.2) is 47.0 Å². The number of hydrogen-bond acceptors (Lipinski definition) is 3. The average molecular weight is 342 g/mol. The fraction of sp³-hybridized carbons (Fsp3) is 0.357. The summed E-state index contributed by atoms with van der Waals surface area (Å²) in [6.07, 6.45) is -2.13. The minimum Gasteiger partial charge on any atom is -0.329 e. The van der Waals surface area contributed by atoms with Crippen molar-refractivity contribution in [3.8, 4) is 0 Å². The van der Waals surface area contributed by atoms with Gasteiger partial charge in [0.05, 0.1) is 18.7 Å². The van der Waals surface area contributed by atoms with Gasteiger partial charge in [-0.05, 0) is 6.07 Å². The van der Waals surface area contributed by atoms with Gasteiger partial charge in [-0.15, -0.1) is 0 Å².